The first kappa shape index (κ1) is 14.2. The fraction of sp³-hybridized carbons (Fsp3) is 0.857. The maximum absolute atomic E-state index is 12.0. The summed E-state index contributed by atoms with van der Waals surface area (Å²) >= 11 is 0. The van der Waals surface area contributed by atoms with Crippen LogP contribution in [0.25, 0.3) is 0 Å². The van der Waals surface area contributed by atoms with Gasteiger partial charge in [-0.25, -0.2) is 4.79 Å². The second-order valence-corrected chi connectivity index (χ2v) is 6.35. The summed E-state index contributed by atoms with van der Waals surface area (Å²) in [6.07, 6.45) is 5.51. The number of urea groups is 1. The van der Waals surface area contributed by atoms with Gasteiger partial charge in [-0.15, -0.1) is 0 Å². The molecule has 1 saturated heterocycles. The Morgan fingerprint density at radius 3 is 2.42 bits per heavy atom. The largest absolute Gasteiger partial charge is 0.481 e. The maximum atomic E-state index is 12.0. The predicted octanol–water partition coefficient (Wildman–Crippen LogP) is 2.07. The van der Waals surface area contributed by atoms with Crippen LogP contribution in [0.2, 0.25) is 0 Å². The van der Waals surface area contributed by atoms with Crippen LogP contribution >= 0.6 is 0 Å². The Morgan fingerprint density at radius 1 is 1.32 bits per heavy atom. The summed E-state index contributed by atoms with van der Waals surface area (Å²) in [6, 6.07) is 0.0156. The smallest absolute Gasteiger partial charge is 0.317 e. The lowest BCUT2D eigenvalue weighted by atomic mass is 9.70. The van der Waals surface area contributed by atoms with Crippen LogP contribution in [0, 0.1) is 11.3 Å². The SMILES string of the molecule is CC1(CNC(=O)N2CCC(CC(=O)O)CC2)CCC1. The molecule has 1 heterocycles. The lowest BCUT2D eigenvalue weighted by Gasteiger charge is -2.39. The van der Waals surface area contributed by atoms with E-state index in [1.54, 1.807) is 0 Å². The van der Waals surface area contributed by atoms with Gasteiger partial charge in [0.25, 0.3) is 0 Å². The number of nitrogens with zero attached hydrogens (tertiary/aromatic N) is 1. The van der Waals surface area contributed by atoms with Crippen LogP contribution in [0.15, 0.2) is 0 Å². The molecule has 0 aromatic heterocycles. The van der Waals surface area contributed by atoms with Gasteiger partial charge in [0, 0.05) is 26.1 Å². The van der Waals surface area contributed by atoms with E-state index in [0.29, 0.717) is 18.5 Å². The summed E-state index contributed by atoms with van der Waals surface area (Å²) in [7, 11) is 0. The van der Waals surface area contributed by atoms with E-state index < -0.39 is 5.97 Å². The normalized spacial score (nSPS) is 22.7. The average Bonchev–Trinajstić information content (AvgIpc) is 2.34. The molecule has 1 aliphatic heterocycles. The Bertz CT molecular complexity index is 345. The van der Waals surface area contributed by atoms with Gasteiger partial charge >= 0.3 is 12.0 Å². The molecule has 1 saturated carbocycles. The molecule has 0 bridgehead atoms. The van der Waals surface area contributed by atoms with Crippen molar-refractivity contribution in [3.05, 3.63) is 0 Å². The van der Waals surface area contributed by atoms with Crippen LogP contribution in [0.5, 0.6) is 0 Å². The van der Waals surface area contributed by atoms with Crippen molar-refractivity contribution in [1.29, 1.82) is 0 Å². The zero-order valence-corrected chi connectivity index (χ0v) is 11.7. The number of carboxylic acid groups (broad SMARTS) is 1. The van der Waals surface area contributed by atoms with Crippen molar-refractivity contribution in [3.8, 4) is 0 Å². The van der Waals surface area contributed by atoms with E-state index in [-0.39, 0.29) is 18.4 Å². The fourth-order valence-corrected chi connectivity index (χ4v) is 2.95. The number of aliphatic carboxylic acids is 1. The maximum Gasteiger partial charge on any atom is 0.317 e. The van der Waals surface area contributed by atoms with Gasteiger partial charge in [0.15, 0.2) is 0 Å². The number of nitrogens with one attached hydrogen (secondary N) is 1. The zero-order valence-electron chi connectivity index (χ0n) is 11.7. The first-order valence-electron chi connectivity index (χ1n) is 7.23. The number of likely N-dealkylation sites (tertiary alicyclic amines) is 1. The van der Waals surface area contributed by atoms with E-state index in [1.807, 2.05) is 4.90 Å². The second kappa shape index (κ2) is 5.80. The van der Waals surface area contributed by atoms with E-state index >= 15 is 0 Å². The van der Waals surface area contributed by atoms with Gasteiger partial charge in [-0.1, -0.05) is 13.3 Å². The Labute approximate surface area is 114 Å². The minimum Gasteiger partial charge on any atom is -0.481 e. The highest BCUT2D eigenvalue weighted by Crippen LogP contribution is 2.39. The van der Waals surface area contributed by atoms with Gasteiger partial charge in [0.05, 0.1) is 0 Å². The molecule has 19 heavy (non-hydrogen) atoms. The third-order valence-corrected chi connectivity index (χ3v) is 4.59. The minimum absolute atomic E-state index is 0.0156. The Hall–Kier alpha value is -1.26. The molecule has 0 radical (unpaired) electrons. The van der Waals surface area contributed by atoms with Crippen molar-refractivity contribution < 1.29 is 14.7 Å². The van der Waals surface area contributed by atoms with E-state index in [1.165, 1.54) is 19.3 Å². The highest BCUT2D eigenvalue weighted by molar-refractivity contribution is 5.74. The van der Waals surface area contributed by atoms with Crippen LogP contribution in [-0.2, 0) is 4.79 Å². The highest BCUT2D eigenvalue weighted by Gasteiger charge is 2.32. The van der Waals surface area contributed by atoms with Gasteiger partial charge in [0.1, 0.15) is 0 Å². The van der Waals surface area contributed by atoms with Gasteiger partial charge in [-0.05, 0) is 37.0 Å². The molecule has 2 amide bonds. The van der Waals surface area contributed by atoms with Gasteiger partial charge in [-0.2, -0.15) is 0 Å². The molecule has 0 aromatic rings. The van der Waals surface area contributed by atoms with Gasteiger partial charge in [-0.3, -0.25) is 4.79 Å². The summed E-state index contributed by atoms with van der Waals surface area (Å²) in [5.41, 5.74) is 0.303. The molecule has 1 aliphatic carbocycles. The second-order valence-electron chi connectivity index (χ2n) is 6.35. The van der Waals surface area contributed by atoms with Crippen LogP contribution in [-0.4, -0.2) is 41.6 Å². The number of hydrogen-bond donors (Lipinski definition) is 2. The molecular weight excluding hydrogens is 244 g/mol. The summed E-state index contributed by atoms with van der Waals surface area (Å²) in [5.74, 6) is -0.508. The van der Waals surface area contributed by atoms with Crippen LogP contribution in [0.4, 0.5) is 4.79 Å². The number of rotatable bonds is 4. The quantitative estimate of drug-likeness (QED) is 0.820. The predicted molar refractivity (Wildman–Crippen MR) is 71.9 cm³/mol. The molecule has 108 valence electrons. The fourth-order valence-electron chi connectivity index (χ4n) is 2.95. The molecule has 2 rings (SSSR count). The number of amides is 2. The summed E-state index contributed by atoms with van der Waals surface area (Å²) in [5, 5.41) is 11.8. The Kier molecular flexibility index (Phi) is 4.32. The first-order chi connectivity index (χ1) is 8.98. The van der Waals surface area contributed by atoms with Crippen LogP contribution in [0.1, 0.15) is 45.4 Å². The standard InChI is InChI=1S/C14H24N2O3/c1-14(5-2-6-14)10-15-13(19)16-7-3-11(4-8-16)9-12(17)18/h11H,2-10H2,1H3,(H,15,19)(H,17,18). The first-order valence-corrected chi connectivity index (χ1v) is 7.23. The minimum atomic E-state index is -0.735. The van der Waals surface area contributed by atoms with E-state index in [9.17, 15) is 9.59 Å². The van der Waals surface area contributed by atoms with E-state index in [4.69, 9.17) is 5.11 Å². The van der Waals surface area contributed by atoms with Gasteiger partial charge < -0.3 is 15.3 Å². The highest BCUT2D eigenvalue weighted by atomic mass is 16.4. The summed E-state index contributed by atoms with van der Waals surface area (Å²) in [6.45, 7) is 4.34. The molecular formula is C14H24N2O3. The number of carbonyl (C=O) groups excluding carboxylic acids is 1. The van der Waals surface area contributed by atoms with E-state index in [0.717, 1.165) is 19.4 Å². The molecule has 5 heteroatoms. The van der Waals surface area contributed by atoms with Crippen molar-refractivity contribution in [2.45, 2.75) is 45.4 Å². The van der Waals surface area contributed by atoms with Crippen LogP contribution in [0.3, 0.4) is 0 Å². The van der Waals surface area contributed by atoms with Crippen molar-refractivity contribution in [2.24, 2.45) is 11.3 Å². The lowest BCUT2D eigenvalue weighted by Crippen LogP contribution is -2.48. The number of carbonyl (C=O) groups is 2. The average molecular weight is 268 g/mol. The van der Waals surface area contributed by atoms with Crippen molar-refractivity contribution in [1.82, 2.24) is 10.2 Å². The number of hydrogen-bond acceptors (Lipinski definition) is 2. The summed E-state index contributed by atoms with van der Waals surface area (Å²) < 4.78 is 0. The number of carboxylic acids is 1. The summed E-state index contributed by atoms with van der Waals surface area (Å²) in [4.78, 5) is 24.5. The van der Waals surface area contributed by atoms with E-state index in [2.05, 4.69) is 12.2 Å². The Balaban J connectivity index is 1.68. The zero-order chi connectivity index (χ0) is 13.9. The molecule has 0 aromatic carbocycles. The monoisotopic (exact) mass is 268 g/mol. The van der Waals surface area contributed by atoms with Crippen LogP contribution < -0.4 is 5.32 Å². The molecule has 2 fully saturated rings. The van der Waals surface area contributed by atoms with Gasteiger partial charge in [0.2, 0.25) is 0 Å². The topological polar surface area (TPSA) is 69.6 Å². The van der Waals surface area contributed by atoms with Crippen molar-refractivity contribution in [2.75, 3.05) is 19.6 Å². The Morgan fingerprint density at radius 2 is 1.95 bits per heavy atom. The third-order valence-electron chi connectivity index (χ3n) is 4.59. The molecule has 2 N–H and O–H groups in total. The lowest BCUT2D eigenvalue weighted by molar-refractivity contribution is -0.138. The molecule has 0 atom stereocenters. The number of piperidine rings is 1. The molecule has 0 unspecified atom stereocenters. The molecule has 2 aliphatic rings. The molecule has 5 nitrogen and oxygen atoms in total. The molecule has 0 spiro atoms. The third kappa shape index (κ3) is 3.85. The van der Waals surface area contributed by atoms with Crippen molar-refractivity contribution >= 4 is 12.0 Å². The van der Waals surface area contributed by atoms with Crippen molar-refractivity contribution in [3.63, 3.8) is 0 Å².